The number of hydrogen-bond acceptors (Lipinski definition) is 5. The Morgan fingerprint density at radius 3 is 2.29 bits per heavy atom. The van der Waals surface area contributed by atoms with E-state index in [4.69, 9.17) is 20.4 Å². The first-order valence-corrected chi connectivity index (χ1v) is 4.08. The first-order valence-electron chi connectivity index (χ1n) is 4.08. The lowest BCUT2D eigenvalue weighted by Gasteiger charge is -2.25. The Balaban J connectivity index is 0.000000791. The van der Waals surface area contributed by atoms with Crippen molar-refractivity contribution in [1.82, 2.24) is 0 Å². The van der Waals surface area contributed by atoms with Gasteiger partial charge < -0.3 is 26.2 Å². The highest BCUT2D eigenvalue weighted by Gasteiger charge is 2.31. The highest BCUT2D eigenvalue weighted by atomic mass is 16.4. The van der Waals surface area contributed by atoms with Crippen molar-refractivity contribution in [3.63, 3.8) is 0 Å². The standard InChI is InChI=1S/C7H10O5.CH5N/c8-4-1-3(7(11)12)2-5(9)6(4)10;1-2/h1,4-6,8-10H,2H2,(H,11,12);2H2,1H3. The molecule has 1 rings (SSSR count). The van der Waals surface area contributed by atoms with E-state index >= 15 is 0 Å². The van der Waals surface area contributed by atoms with E-state index in [0.717, 1.165) is 6.08 Å². The molecule has 3 atom stereocenters. The van der Waals surface area contributed by atoms with Gasteiger partial charge in [-0.15, -0.1) is 0 Å². The molecule has 0 bridgehead atoms. The predicted octanol–water partition coefficient (Wildman–Crippen LogP) is -1.94. The van der Waals surface area contributed by atoms with Gasteiger partial charge in [0.05, 0.1) is 6.10 Å². The normalized spacial score (nSPS) is 31.2. The lowest BCUT2D eigenvalue weighted by Crippen LogP contribution is -2.40. The van der Waals surface area contributed by atoms with E-state index in [0.29, 0.717) is 0 Å². The second kappa shape index (κ2) is 5.71. The van der Waals surface area contributed by atoms with Crippen molar-refractivity contribution in [3.8, 4) is 0 Å². The minimum Gasteiger partial charge on any atom is -0.478 e. The van der Waals surface area contributed by atoms with Gasteiger partial charge in [-0.25, -0.2) is 4.79 Å². The summed E-state index contributed by atoms with van der Waals surface area (Å²) >= 11 is 0. The summed E-state index contributed by atoms with van der Waals surface area (Å²) in [7, 11) is 1.50. The number of aliphatic hydroxyl groups excluding tert-OH is 3. The summed E-state index contributed by atoms with van der Waals surface area (Å²) in [6.45, 7) is 0. The fraction of sp³-hybridized carbons (Fsp3) is 0.625. The van der Waals surface area contributed by atoms with Gasteiger partial charge in [-0.2, -0.15) is 0 Å². The SMILES string of the molecule is CN.O=C(O)C1=CC(O)C(O)C(O)C1. The molecule has 0 aromatic rings. The Bertz CT molecular complexity index is 228. The molecular formula is C8H15NO5. The highest BCUT2D eigenvalue weighted by Crippen LogP contribution is 2.19. The van der Waals surface area contributed by atoms with E-state index in [2.05, 4.69) is 5.73 Å². The van der Waals surface area contributed by atoms with Gasteiger partial charge in [0.25, 0.3) is 0 Å². The molecule has 0 aromatic carbocycles. The quantitative estimate of drug-likeness (QED) is 0.339. The molecule has 0 radical (unpaired) electrons. The number of carbonyl (C=O) groups is 1. The van der Waals surface area contributed by atoms with Crippen LogP contribution in [0.3, 0.4) is 0 Å². The minimum absolute atomic E-state index is 0.0692. The fourth-order valence-electron chi connectivity index (χ4n) is 1.11. The van der Waals surface area contributed by atoms with Crippen LogP contribution >= 0.6 is 0 Å². The molecule has 1 aliphatic carbocycles. The van der Waals surface area contributed by atoms with Crippen molar-refractivity contribution in [2.24, 2.45) is 5.73 Å². The summed E-state index contributed by atoms with van der Waals surface area (Å²) in [5.74, 6) is -1.18. The topological polar surface area (TPSA) is 124 Å². The van der Waals surface area contributed by atoms with E-state index < -0.39 is 24.3 Å². The van der Waals surface area contributed by atoms with Crippen LogP contribution in [-0.4, -0.2) is 51.8 Å². The largest absolute Gasteiger partial charge is 0.478 e. The summed E-state index contributed by atoms with van der Waals surface area (Å²) < 4.78 is 0. The summed E-state index contributed by atoms with van der Waals surface area (Å²) in [5, 5.41) is 35.6. The second-order valence-electron chi connectivity index (χ2n) is 2.75. The molecule has 0 aromatic heterocycles. The van der Waals surface area contributed by atoms with E-state index in [9.17, 15) is 4.79 Å². The van der Waals surface area contributed by atoms with Crippen LogP contribution in [0.1, 0.15) is 6.42 Å². The predicted molar refractivity (Wildman–Crippen MR) is 48.5 cm³/mol. The van der Waals surface area contributed by atoms with Crippen molar-refractivity contribution in [2.75, 3.05) is 7.05 Å². The van der Waals surface area contributed by atoms with Gasteiger partial charge >= 0.3 is 5.97 Å². The highest BCUT2D eigenvalue weighted by molar-refractivity contribution is 5.87. The maximum Gasteiger partial charge on any atom is 0.331 e. The Morgan fingerprint density at radius 1 is 1.43 bits per heavy atom. The maximum absolute atomic E-state index is 10.4. The molecule has 0 fully saturated rings. The molecule has 0 saturated carbocycles. The van der Waals surface area contributed by atoms with E-state index in [1.807, 2.05) is 0 Å². The van der Waals surface area contributed by atoms with Crippen molar-refractivity contribution in [2.45, 2.75) is 24.7 Å². The van der Waals surface area contributed by atoms with Gasteiger partial charge in [0.1, 0.15) is 12.2 Å². The van der Waals surface area contributed by atoms with Gasteiger partial charge in [0, 0.05) is 12.0 Å². The third kappa shape index (κ3) is 3.08. The lowest BCUT2D eigenvalue weighted by atomic mass is 9.92. The Morgan fingerprint density at radius 2 is 1.93 bits per heavy atom. The number of nitrogens with two attached hydrogens (primary N) is 1. The molecule has 6 heteroatoms. The van der Waals surface area contributed by atoms with Crippen LogP contribution < -0.4 is 5.73 Å². The Labute approximate surface area is 81.3 Å². The zero-order chi connectivity index (χ0) is 11.3. The molecule has 0 aliphatic heterocycles. The van der Waals surface area contributed by atoms with Crippen molar-refractivity contribution in [1.29, 1.82) is 0 Å². The number of carboxylic acid groups (broad SMARTS) is 1. The Hall–Kier alpha value is -0.950. The first kappa shape index (κ1) is 13.1. The molecular weight excluding hydrogens is 190 g/mol. The van der Waals surface area contributed by atoms with Crippen LogP contribution in [0, 0.1) is 0 Å². The summed E-state index contributed by atoms with van der Waals surface area (Å²) in [4.78, 5) is 10.4. The van der Waals surface area contributed by atoms with Gasteiger partial charge in [-0.3, -0.25) is 0 Å². The van der Waals surface area contributed by atoms with E-state index in [-0.39, 0.29) is 12.0 Å². The van der Waals surface area contributed by atoms with E-state index in [1.54, 1.807) is 0 Å². The average Bonchev–Trinajstić information content (AvgIpc) is 2.16. The van der Waals surface area contributed by atoms with Gasteiger partial charge in [0.2, 0.25) is 0 Å². The van der Waals surface area contributed by atoms with Crippen LogP contribution in [0.2, 0.25) is 0 Å². The number of aliphatic carboxylic acids is 1. The van der Waals surface area contributed by atoms with Gasteiger partial charge in [-0.1, -0.05) is 0 Å². The average molecular weight is 205 g/mol. The first-order chi connectivity index (χ1) is 6.52. The third-order valence-corrected chi connectivity index (χ3v) is 1.82. The van der Waals surface area contributed by atoms with Crippen molar-refractivity contribution >= 4 is 5.97 Å². The molecule has 6 nitrogen and oxygen atoms in total. The minimum atomic E-state index is -1.29. The zero-order valence-electron chi connectivity index (χ0n) is 7.79. The van der Waals surface area contributed by atoms with Crippen LogP contribution in [0.15, 0.2) is 11.6 Å². The maximum atomic E-state index is 10.4. The van der Waals surface area contributed by atoms with Crippen LogP contribution in [0.4, 0.5) is 0 Å². The molecule has 3 unspecified atom stereocenters. The van der Waals surface area contributed by atoms with Crippen molar-refractivity contribution < 1.29 is 25.2 Å². The summed E-state index contributed by atoms with van der Waals surface area (Å²) in [6.07, 6.45) is -2.86. The molecule has 1 aliphatic rings. The Kier molecular flexibility index (Phi) is 5.32. The number of hydrogen-bond donors (Lipinski definition) is 5. The number of rotatable bonds is 1. The number of aliphatic hydroxyl groups is 3. The lowest BCUT2D eigenvalue weighted by molar-refractivity contribution is -0.134. The molecule has 0 amide bonds. The van der Waals surface area contributed by atoms with Crippen LogP contribution in [-0.2, 0) is 4.79 Å². The smallest absolute Gasteiger partial charge is 0.331 e. The number of carboxylic acids is 1. The van der Waals surface area contributed by atoms with Crippen LogP contribution in [0.25, 0.3) is 0 Å². The second-order valence-corrected chi connectivity index (χ2v) is 2.75. The molecule has 0 saturated heterocycles. The summed E-state index contributed by atoms with van der Waals surface area (Å²) in [6, 6.07) is 0. The van der Waals surface area contributed by atoms with Gasteiger partial charge in [0.15, 0.2) is 0 Å². The van der Waals surface area contributed by atoms with Crippen LogP contribution in [0.5, 0.6) is 0 Å². The fourth-order valence-corrected chi connectivity index (χ4v) is 1.11. The zero-order valence-corrected chi connectivity index (χ0v) is 7.79. The third-order valence-electron chi connectivity index (χ3n) is 1.82. The summed E-state index contributed by atoms with van der Waals surface area (Å²) in [5.41, 5.74) is 4.43. The molecule has 6 N–H and O–H groups in total. The molecule has 14 heavy (non-hydrogen) atoms. The monoisotopic (exact) mass is 205 g/mol. The molecule has 0 spiro atoms. The van der Waals surface area contributed by atoms with Crippen molar-refractivity contribution in [3.05, 3.63) is 11.6 Å². The van der Waals surface area contributed by atoms with Gasteiger partial charge in [-0.05, 0) is 13.1 Å². The van der Waals surface area contributed by atoms with E-state index in [1.165, 1.54) is 7.05 Å². The molecule has 0 heterocycles. The molecule has 82 valence electrons.